The summed E-state index contributed by atoms with van der Waals surface area (Å²) in [5, 5.41) is 11.5. The number of nitrogens with zero attached hydrogens (tertiary/aromatic N) is 5. The Bertz CT molecular complexity index is 1350. The first-order chi connectivity index (χ1) is 14.8. The van der Waals surface area contributed by atoms with Gasteiger partial charge in [0.15, 0.2) is 15.7 Å². The molecule has 0 atom stereocenters. The van der Waals surface area contributed by atoms with E-state index < -0.39 is 9.84 Å². The lowest BCUT2D eigenvalue weighted by molar-refractivity contribution is 0.0954. The number of nitrogens with one attached hydrogen (secondary N) is 1. The average molecular weight is 519 g/mol. The predicted octanol–water partition coefficient (Wildman–Crippen LogP) is 2.88. The summed E-state index contributed by atoms with van der Waals surface area (Å²) in [5.74, 6) is 0.320. The van der Waals surface area contributed by atoms with Crippen molar-refractivity contribution < 1.29 is 13.2 Å². The SMILES string of the molecule is CS(=O)(=O)c1ccc(-c2ncc(C(=O)NCc3cn(-c4cccc(Br)n4)nn3)s2)cc1. The van der Waals surface area contributed by atoms with Crippen molar-refractivity contribution in [3.8, 4) is 16.4 Å². The summed E-state index contributed by atoms with van der Waals surface area (Å²) in [6, 6.07) is 11.8. The van der Waals surface area contributed by atoms with Gasteiger partial charge in [0.05, 0.1) is 23.8 Å². The van der Waals surface area contributed by atoms with E-state index in [1.165, 1.54) is 34.3 Å². The molecule has 1 aromatic carbocycles. The second-order valence-corrected chi connectivity index (χ2v) is 10.3. The third-order valence-electron chi connectivity index (χ3n) is 4.16. The third kappa shape index (κ3) is 5.03. The number of thiazole rings is 1. The highest BCUT2D eigenvalue weighted by molar-refractivity contribution is 9.10. The first-order valence-electron chi connectivity index (χ1n) is 8.88. The van der Waals surface area contributed by atoms with E-state index in [-0.39, 0.29) is 17.3 Å². The van der Waals surface area contributed by atoms with Crippen LogP contribution in [0.4, 0.5) is 0 Å². The molecular weight excluding hydrogens is 504 g/mol. The topological polar surface area (TPSA) is 120 Å². The van der Waals surface area contributed by atoms with Crippen molar-refractivity contribution in [3.63, 3.8) is 0 Å². The summed E-state index contributed by atoms with van der Waals surface area (Å²) in [4.78, 5) is 21.7. The van der Waals surface area contributed by atoms with Gasteiger partial charge in [-0.1, -0.05) is 23.4 Å². The zero-order valence-electron chi connectivity index (χ0n) is 16.1. The van der Waals surface area contributed by atoms with E-state index in [9.17, 15) is 13.2 Å². The maximum atomic E-state index is 12.5. The number of hydrogen-bond donors (Lipinski definition) is 1. The highest BCUT2D eigenvalue weighted by Gasteiger charge is 2.14. The quantitative estimate of drug-likeness (QED) is 0.389. The fourth-order valence-electron chi connectivity index (χ4n) is 2.63. The van der Waals surface area contributed by atoms with E-state index in [0.717, 1.165) is 11.8 Å². The second kappa shape index (κ2) is 8.65. The van der Waals surface area contributed by atoms with Crippen LogP contribution in [-0.2, 0) is 16.4 Å². The van der Waals surface area contributed by atoms with Crippen molar-refractivity contribution in [1.29, 1.82) is 0 Å². The molecule has 0 bridgehead atoms. The first-order valence-corrected chi connectivity index (χ1v) is 12.4. The molecule has 0 fully saturated rings. The Hall–Kier alpha value is -2.96. The number of pyridine rings is 1. The molecule has 158 valence electrons. The minimum absolute atomic E-state index is 0.198. The van der Waals surface area contributed by atoms with Gasteiger partial charge in [0, 0.05) is 11.8 Å². The number of benzene rings is 1. The van der Waals surface area contributed by atoms with E-state index in [4.69, 9.17) is 0 Å². The van der Waals surface area contributed by atoms with Crippen LogP contribution in [-0.4, -0.2) is 45.5 Å². The standard InChI is InChI=1S/C19H15BrN6O3S2/c1-31(28,29)14-7-5-12(6-8-14)19-22-10-15(30-19)18(27)21-9-13-11-26(25-24-13)17-4-2-3-16(20)23-17/h2-8,10-11H,9H2,1H3,(H,21,27). The van der Waals surface area contributed by atoms with Crippen molar-refractivity contribution in [3.05, 3.63) is 70.0 Å². The predicted molar refractivity (Wildman–Crippen MR) is 119 cm³/mol. The molecular formula is C19H15BrN6O3S2. The molecule has 0 unspecified atom stereocenters. The molecule has 12 heteroatoms. The second-order valence-electron chi connectivity index (χ2n) is 6.48. The van der Waals surface area contributed by atoms with E-state index in [1.807, 2.05) is 12.1 Å². The number of carbonyl (C=O) groups is 1. The van der Waals surface area contributed by atoms with Crippen LogP contribution >= 0.6 is 27.3 Å². The molecule has 1 amide bonds. The molecule has 0 aliphatic heterocycles. The Balaban J connectivity index is 1.41. The highest BCUT2D eigenvalue weighted by atomic mass is 79.9. The van der Waals surface area contributed by atoms with E-state index >= 15 is 0 Å². The lowest BCUT2D eigenvalue weighted by Gasteiger charge is -2.01. The van der Waals surface area contributed by atoms with E-state index in [2.05, 4.69) is 41.5 Å². The number of sulfone groups is 1. The number of rotatable bonds is 6. The van der Waals surface area contributed by atoms with Gasteiger partial charge in [-0.25, -0.2) is 23.1 Å². The van der Waals surface area contributed by atoms with Gasteiger partial charge in [-0.3, -0.25) is 4.79 Å². The molecule has 3 heterocycles. The van der Waals surface area contributed by atoms with Crippen LogP contribution in [0, 0.1) is 0 Å². The van der Waals surface area contributed by atoms with E-state index in [1.54, 1.807) is 24.4 Å². The Morgan fingerprint density at radius 2 is 1.97 bits per heavy atom. The van der Waals surface area contributed by atoms with Crippen molar-refractivity contribution in [2.45, 2.75) is 11.4 Å². The van der Waals surface area contributed by atoms with E-state index in [0.29, 0.717) is 26.0 Å². The molecule has 1 N–H and O–H groups in total. The van der Waals surface area contributed by atoms with Gasteiger partial charge in [0.2, 0.25) is 0 Å². The molecule has 9 nitrogen and oxygen atoms in total. The molecule has 4 aromatic rings. The zero-order chi connectivity index (χ0) is 22.0. The third-order valence-corrected chi connectivity index (χ3v) is 6.78. The number of carbonyl (C=O) groups excluding carboxylic acids is 1. The lowest BCUT2D eigenvalue weighted by atomic mass is 10.2. The van der Waals surface area contributed by atoms with Gasteiger partial charge >= 0.3 is 0 Å². The molecule has 0 saturated heterocycles. The molecule has 3 aromatic heterocycles. The molecule has 0 radical (unpaired) electrons. The maximum Gasteiger partial charge on any atom is 0.263 e. The van der Waals surface area contributed by atoms with Gasteiger partial charge in [0.25, 0.3) is 5.91 Å². The van der Waals surface area contributed by atoms with Gasteiger partial charge in [-0.15, -0.1) is 16.4 Å². The average Bonchev–Trinajstić information content (AvgIpc) is 3.42. The normalized spacial score (nSPS) is 11.4. The first kappa shape index (κ1) is 21.3. The fourth-order valence-corrected chi connectivity index (χ4v) is 4.43. The number of amides is 1. The molecule has 4 rings (SSSR count). The van der Waals surface area contributed by atoms with Crippen LogP contribution in [0.2, 0.25) is 0 Å². The van der Waals surface area contributed by atoms with Crippen LogP contribution in [0.3, 0.4) is 0 Å². The van der Waals surface area contributed by atoms with Gasteiger partial charge < -0.3 is 5.32 Å². The van der Waals surface area contributed by atoms with Crippen LogP contribution in [0.25, 0.3) is 16.4 Å². The van der Waals surface area contributed by atoms with Crippen LogP contribution < -0.4 is 5.32 Å². The maximum absolute atomic E-state index is 12.5. The van der Waals surface area contributed by atoms with Gasteiger partial charge in [-0.2, -0.15) is 0 Å². The van der Waals surface area contributed by atoms with Crippen molar-refractivity contribution in [2.24, 2.45) is 0 Å². The smallest absolute Gasteiger partial charge is 0.263 e. The molecule has 31 heavy (non-hydrogen) atoms. The summed E-state index contributed by atoms with van der Waals surface area (Å²) in [6.45, 7) is 0.198. The Labute approximate surface area is 190 Å². The van der Waals surface area contributed by atoms with Crippen molar-refractivity contribution in [1.82, 2.24) is 30.3 Å². The van der Waals surface area contributed by atoms with Crippen molar-refractivity contribution >= 4 is 43.0 Å². The highest BCUT2D eigenvalue weighted by Crippen LogP contribution is 2.26. The Morgan fingerprint density at radius 3 is 2.68 bits per heavy atom. The zero-order valence-corrected chi connectivity index (χ0v) is 19.3. The number of halogens is 1. The lowest BCUT2D eigenvalue weighted by Crippen LogP contribution is -2.22. The van der Waals surface area contributed by atoms with Crippen LogP contribution in [0.15, 0.2) is 64.4 Å². The molecule has 0 spiro atoms. The summed E-state index contributed by atoms with van der Waals surface area (Å²) in [6.07, 6.45) is 4.33. The van der Waals surface area contributed by atoms with Crippen molar-refractivity contribution in [2.75, 3.05) is 6.26 Å². The fraction of sp³-hybridized carbons (Fsp3) is 0.105. The minimum atomic E-state index is -3.26. The Morgan fingerprint density at radius 1 is 1.19 bits per heavy atom. The monoisotopic (exact) mass is 518 g/mol. The largest absolute Gasteiger partial charge is 0.346 e. The van der Waals surface area contributed by atoms with Gasteiger partial charge in [-0.05, 0) is 40.2 Å². The minimum Gasteiger partial charge on any atom is -0.346 e. The number of hydrogen-bond acceptors (Lipinski definition) is 8. The summed E-state index contributed by atoms with van der Waals surface area (Å²) in [5.41, 5.74) is 1.32. The summed E-state index contributed by atoms with van der Waals surface area (Å²) >= 11 is 4.53. The summed E-state index contributed by atoms with van der Waals surface area (Å²) in [7, 11) is -3.26. The molecule has 0 aliphatic carbocycles. The van der Waals surface area contributed by atoms with Crippen LogP contribution in [0.5, 0.6) is 0 Å². The number of aromatic nitrogens is 5. The van der Waals surface area contributed by atoms with Gasteiger partial charge in [0.1, 0.15) is 20.2 Å². The molecule has 0 aliphatic rings. The van der Waals surface area contributed by atoms with Crippen LogP contribution in [0.1, 0.15) is 15.4 Å². The summed E-state index contributed by atoms with van der Waals surface area (Å²) < 4.78 is 25.4. The molecule has 0 saturated carbocycles. The Kier molecular flexibility index (Phi) is 5.94.